The first-order valence-corrected chi connectivity index (χ1v) is 11.3. The molecule has 1 aromatic heterocycles. The number of aromatic nitrogens is 1. The van der Waals surface area contributed by atoms with Crippen LogP contribution in [0.15, 0.2) is 54.6 Å². The lowest BCUT2D eigenvalue weighted by Crippen LogP contribution is -2.25. The monoisotopic (exact) mass is 413 g/mol. The van der Waals surface area contributed by atoms with Gasteiger partial charge in [0.2, 0.25) is 10.0 Å². The zero-order chi connectivity index (χ0) is 19.7. The quantitative estimate of drug-likeness (QED) is 0.703. The number of hydrogen-bond donors (Lipinski definition) is 1. The van der Waals surface area contributed by atoms with E-state index < -0.39 is 10.0 Å². The molecule has 0 atom stereocenters. The summed E-state index contributed by atoms with van der Waals surface area (Å²) in [6.07, 6.45) is 0.623. The molecule has 0 spiro atoms. The van der Waals surface area contributed by atoms with E-state index in [4.69, 9.17) is 0 Å². The number of amides is 1. The van der Waals surface area contributed by atoms with E-state index >= 15 is 0 Å². The van der Waals surface area contributed by atoms with Gasteiger partial charge in [0.25, 0.3) is 5.91 Å². The van der Waals surface area contributed by atoms with Crippen molar-refractivity contribution in [3.63, 3.8) is 0 Å². The highest BCUT2D eigenvalue weighted by molar-refractivity contribution is 7.93. The van der Waals surface area contributed by atoms with Crippen LogP contribution >= 0.6 is 11.3 Å². The second-order valence-corrected chi connectivity index (χ2v) is 9.55. The van der Waals surface area contributed by atoms with Crippen molar-refractivity contribution in [2.75, 3.05) is 21.9 Å². The van der Waals surface area contributed by atoms with Gasteiger partial charge < -0.3 is 0 Å². The van der Waals surface area contributed by atoms with Crippen LogP contribution < -0.4 is 9.62 Å². The molecule has 3 aromatic rings. The Hall–Kier alpha value is -2.71. The normalized spacial score (nSPS) is 15.5. The molecule has 28 heavy (non-hydrogen) atoms. The summed E-state index contributed by atoms with van der Waals surface area (Å²) in [6, 6.07) is 16.5. The average molecular weight is 414 g/mol. The van der Waals surface area contributed by atoms with E-state index in [1.165, 1.54) is 15.6 Å². The maximum atomic E-state index is 12.6. The minimum absolute atomic E-state index is 0.169. The summed E-state index contributed by atoms with van der Waals surface area (Å²) in [4.78, 5) is 18.0. The van der Waals surface area contributed by atoms with Crippen molar-refractivity contribution >= 4 is 38.1 Å². The smallest absolute Gasteiger partial charge is 0.257 e. The number of nitrogens with zero attached hydrogens (tertiary/aromatic N) is 2. The number of benzene rings is 2. The number of carbonyl (C=O) groups is 1. The summed E-state index contributed by atoms with van der Waals surface area (Å²) in [5.41, 5.74) is 2.97. The van der Waals surface area contributed by atoms with Crippen LogP contribution in [0.4, 0.5) is 10.8 Å². The molecule has 1 saturated heterocycles. The van der Waals surface area contributed by atoms with Gasteiger partial charge in [-0.1, -0.05) is 41.7 Å². The fraction of sp³-hybridized carbons (Fsp3) is 0.200. The van der Waals surface area contributed by atoms with Crippen LogP contribution in [0, 0.1) is 6.92 Å². The largest absolute Gasteiger partial charge is 0.298 e. The number of rotatable bonds is 4. The molecule has 1 aliphatic heterocycles. The number of aryl methyl sites for hydroxylation is 1. The van der Waals surface area contributed by atoms with Crippen LogP contribution in [-0.4, -0.2) is 31.6 Å². The second kappa shape index (κ2) is 7.37. The van der Waals surface area contributed by atoms with Crippen LogP contribution in [0.5, 0.6) is 0 Å². The SMILES string of the molecule is Cc1nc(NC(=O)c2ccc(N3CCCS3(=O)=O)cc2)sc1-c1ccccc1. The summed E-state index contributed by atoms with van der Waals surface area (Å²) < 4.78 is 25.4. The van der Waals surface area contributed by atoms with Crippen LogP contribution in [-0.2, 0) is 10.0 Å². The van der Waals surface area contributed by atoms with Crippen molar-refractivity contribution in [1.29, 1.82) is 0 Å². The first-order valence-electron chi connectivity index (χ1n) is 8.89. The molecule has 0 aliphatic carbocycles. The van der Waals surface area contributed by atoms with Crippen molar-refractivity contribution in [3.05, 3.63) is 65.9 Å². The third-order valence-corrected chi connectivity index (χ3v) is 7.56. The molecule has 6 nitrogen and oxygen atoms in total. The molecule has 0 bridgehead atoms. The van der Waals surface area contributed by atoms with Crippen LogP contribution in [0.2, 0.25) is 0 Å². The molecule has 144 valence electrons. The zero-order valence-electron chi connectivity index (χ0n) is 15.3. The molecule has 0 radical (unpaired) electrons. The van der Waals surface area contributed by atoms with Crippen molar-refractivity contribution in [3.8, 4) is 10.4 Å². The lowest BCUT2D eigenvalue weighted by Gasteiger charge is -2.16. The van der Waals surface area contributed by atoms with Crippen LogP contribution in [0.1, 0.15) is 22.5 Å². The lowest BCUT2D eigenvalue weighted by atomic mass is 10.2. The molecule has 2 heterocycles. The lowest BCUT2D eigenvalue weighted by molar-refractivity contribution is 0.102. The van der Waals surface area contributed by atoms with Gasteiger partial charge in [-0.15, -0.1) is 0 Å². The predicted molar refractivity (Wildman–Crippen MR) is 112 cm³/mol. The fourth-order valence-corrected chi connectivity index (χ4v) is 5.72. The Bertz CT molecular complexity index is 1110. The first kappa shape index (κ1) is 18.6. The van der Waals surface area contributed by atoms with E-state index in [2.05, 4.69) is 10.3 Å². The Morgan fingerprint density at radius 2 is 1.82 bits per heavy atom. The van der Waals surface area contributed by atoms with Gasteiger partial charge in [-0.05, 0) is 43.2 Å². The van der Waals surface area contributed by atoms with Gasteiger partial charge in [0, 0.05) is 12.1 Å². The average Bonchev–Trinajstić information content (AvgIpc) is 3.23. The van der Waals surface area contributed by atoms with Crippen LogP contribution in [0.25, 0.3) is 10.4 Å². The molecule has 1 amide bonds. The Balaban J connectivity index is 1.50. The van der Waals surface area contributed by atoms with Gasteiger partial charge in [0.1, 0.15) is 0 Å². The van der Waals surface area contributed by atoms with Gasteiger partial charge >= 0.3 is 0 Å². The third kappa shape index (κ3) is 3.65. The fourth-order valence-electron chi connectivity index (χ4n) is 3.19. The van der Waals surface area contributed by atoms with Gasteiger partial charge in [-0.3, -0.25) is 14.4 Å². The molecule has 2 aromatic carbocycles. The summed E-state index contributed by atoms with van der Waals surface area (Å²) >= 11 is 1.43. The highest BCUT2D eigenvalue weighted by Gasteiger charge is 2.28. The number of thiazole rings is 1. The Morgan fingerprint density at radius 3 is 2.46 bits per heavy atom. The molecule has 8 heteroatoms. The summed E-state index contributed by atoms with van der Waals surface area (Å²) in [5, 5.41) is 3.37. The molecular weight excluding hydrogens is 394 g/mol. The van der Waals surface area contributed by atoms with Crippen LogP contribution in [0.3, 0.4) is 0 Å². The first-order chi connectivity index (χ1) is 13.4. The van der Waals surface area contributed by atoms with Crippen molar-refractivity contribution in [2.45, 2.75) is 13.3 Å². The van der Waals surface area contributed by atoms with E-state index in [-0.39, 0.29) is 11.7 Å². The maximum Gasteiger partial charge on any atom is 0.257 e. The molecule has 4 rings (SSSR count). The second-order valence-electron chi connectivity index (χ2n) is 6.54. The van der Waals surface area contributed by atoms with Crippen molar-refractivity contribution in [1.82, 2.24) is 4.98 Å². The van der Waals surface area contributed by atoms with Crippen molar-refractivity contribution < 1.29 is 13.2 Å². The van der Waals surface area contributed by atoms with Gasteiger partial charge in [-0.25, -0.2) is 13.4 Å². The van der Waals surface area contributed by atoms with E-state index in [0.29, 0.717) is 29.3 Å². The number of hydrogen-bond acceptors (Lipinski definition) is 5. The zero-order valence-corrected chi connectivity index (χ0v) is 16.9. The van der Waals surface area contributed by atoms with Gasteiger partial charge in [-0.2, -0.15) is 0 Å². The Labute approximate surface area is 167 Å². The molecule has 1 N–H and O–H groups in total. The molecule has 1 fully saturated rings. The summed E-state index contributed by atoms with van der Waals surface area (Å²) in [6.45, 7) is 2.40. The van der Waals surface area contributed by atoms with E-state index in [1.807, 2.05) is 37.3 Å². The number of anilines is 2. The molecular formula is C20H19N3O3S2. The maximum absolute atomic E-state index is 12.6. The minimum atomic E-state index is -3.23. The molecule has 0 saturated carbocycles. The standard InChI is InChI=1S/C20H19N3O3S2/c1-14-18(15-6-3-2-4-7-15)27-20(21-14)22-19(24)16-8-10-17(11-9-16)23-12-5-13-28(23,25)26/h2-4,6-11H,5,12-13H2,1H3,(H,21,22,24). The predicted octanol–water partition coefficient (Wildman–Crippen LogP) is 3.91. The number of nitrogens with one attached hydrogen (secondary N) is 1. The topological polar surface area (TPSA) is 79.4 Å². The minimum Gasteiger partial charge on any atom is -0.298 e. The van der Waals surface area contributed by atoms with Crippen molar-refractivity contribution in [2.24, 2.45) is 0 Å². The Kier molecular flexibility index (Phi) is 4.91. The van der Waals surface area contributed by atoms with E-state index in [0.717, 1.165) is 16.1 Å². The molecule has 1 aliphatic rings. The van der Waals surface area contributed by atoms with E-state index in [9.17, 15) is 13.2 Å². The van der Waals surface area contributed by atoms with E-state index in [1.54, 1.807) is 24.3 Å². The van der Waals surface area contributed by atoms with Gasteiger partial charge in [0.15, 0.2) is 5.13 Å². The highest BCUT2D eigenvalue weighted by Crippen LogP contribution is 2.32. The number of sulfonamides is 1. The van der Waals surface area contributed by atoms with Gasteiger partial charge in [0.05, 0.1) is 22.0 Å². The summed E-state index contributed by atoms with van der Waals surface area (Å²) in [5.74, 6) is -0.105. The number of carbonyl (C=O) groups excluding carboxylic acids is 1. The third-order valence-electron chi connectivity index (χ3n) is 4.57. The summed E-state index contributed by atoms with van der Waals surface area (Å²) in [7, 11) is -3.23. The molecule has 0 unspecified atom stereocenters. The highest BCUT2D eigenvalue weighted by atomic mass is 32.2. The Morgan fingerprint density at radius 1 is 1.11 bits per heavy atom.